The minimum Gasteiger partial charge on any atom is -0.489 e. The molecule has 4 aromatic rings. The summed E-state index contributed by atoms with van der Waals surface area (Å²) in [4.78, 5) is 19.1. The van der Waals surface area contributed by atoms with Crippen LogP contribution in [0.5, 0.6) is 5.75 Å². The lowest BCUT2D eigenvalue weighted by Crippen LogP contribution is -2.32. The number of aromatic nitrogens is 4. The van der Waals surface area contributed by atoms with E-state index in [0.717, 1.165) is 71.6 Å². The van der Waals surface area contributed by atoms with Gasteiger partial charge in [-0.15, -0.1) is 5.10 Å². The van der Waals surface area contributed by atoms with E-state index in [2.05, 4.69) is 58.3 Å². The molecule has 204 valence electrons. The third-order valence-electron chi connectivity index (χ3n) is 8.10. The van der Waals surface area contributed by atoms with E-state index in [4.69, 9.17) is 4.74 Å². The Kier molecular flexibility index (Phi) is 7.66. The fraction of sp³-hybridized carbons (Fsp3) is 0.419. The maximum Gasteiger partial charge on any atom is 0.307 e. The lowest BCUT2D eigenvalue weighted by atomic mass is 9.79. The van der Waals surface area contributed by atoms with E-state index in [1.165, 1.54) is 11.1 Å². The fourth-order valence-corrected chi connectivity index (χ4v) is 5.72. The summed E-state index contributed by atoms with van der Waals surface area (Å²) in [7, 11) is 0. The number of carboxylic acid groups (broad SMARTS) is 1. The molecule has 0 saturated carbocycles. The molecule has 2 aromatic heterocycles. The third kappa shape index (κ3) is 5.26. The number of nitrogens with zero attached hydrogens (tertiary/aromatic N) is 5. The number of benzene rings is 2. The van der Waals surface area contributed by atoms with Crippen LogP contribution < -0.4 is 4.74 Å². The van der Waals surface area contributed by atoms with Crippen molar-refractivity contribution in [2.24, 2.45) is 5.92 Å². The second kappa shape index (κ2) is 11.1. The highest BCUT2D eigenvalue weighted by Crippen LogP contribution is 2.37. The molecule has 2 aromatic carbocycles. The van der Waals surface area contributed by atoms with Crippen molar-refractivity contribution in [1.29, 1.82) is 0 Å². The van der Waals surface area contributed by atoms with Crippen LogP contribution >= 0.6 is 0 Å². The lowest BCUT2D eigenvalue weighted by molar-refractivity contribution is -0.141. The molecule has 1 aliphatic heterocycles. The van der Waals surface area contributed by atoms with E-state index in [0.29, 0.717) is 0 Å². The largest absolute Gasteiger partial charge is 0.489 e. The molecule has 5 rings (SSSR count). The van der Waals surface area contributed by atoms with Gasteiger partial charge in [-0.25, -0.2) is 4.68 Å². The lowest BCUT2D eigenvalue weighted by Gasteiger charge is -2.27. The van der Waals surface area contributed by atoms with Crippen LogP contribution in [0.15, 0.2) is 48.8 Å². The molecule has 0 radical (unpaired) electrons. The first-order valence-corrected chi connectivity index (χ1v) is 13.8. The molecule has 0 bridgehead atoms. The molecule has 1 aliphatic rings. The molecule has 0 amide bonds. The third-order valence-corrected chi connectivity index (χ3v) is 8.10. The maximum absolute atomic E-state index is 12.3. The van der Waals surface area contributed by atoms with Crippen LogP contribution in [-0.2, 0) is 24.4 Å². The summed E-state index contributed by atoms with van der Waals surface area (Å²) in [5.74, 6) is -0.852. The molecule has 3 atom stereocenters. The number of rotatable bonds is 8. The maximum atomic E-state index is 12.3. The van der Waals surface area contributed by atoms with Crippen molar-refractivity contribution < 1.29 is 14.6 Å². The number of pyridine rings is 1. The highest BCUT2D eigenvalue weighted by atomic mass is 16.5. The summed E-state index contributed by atoms with van der Waals surface area (Å²) < 4.78 is 8.15. The van der Waals surface area contributed by atoms with Crippen molar-refractivity contribution in [2.45, 2.75) is 72.7 Å². The van der Waals surface area contributed by atoms with Gasteiger partial charge in [-0.05, 0) is 67.1 Å². The minimum absolute atomic E-state index is 0.0998. The molecule has 8 nitrogen and oxygen atoms in total. The van der Waals surface area contributed by atoms with Gasteiger partial charge in [0.15, 0.2) is 0 Å². The topological polar surface area (TPSA) is 93.4 Å². The number of carboxylic acids is 1. The predicted octanol–water partition coefficient (Wildman–Crippen LogP) is 5.49. The van der Waals surface area contributed by atoms with Crippen molar-refractivity contribution >= 4 is 17.0 Å². The van der Waals surface area contributed by atoms with Gasteiger partial charge in [0.05, 0.1) is 11.4 Å². The molecule has 0 unspecified atom stereocenters. The quantitative estimate of drug-likeness (QED) is 0.324. The molecule has 3 heterocycles. The van der Waals surface area contributed by atoms with Crippen LogP contribution in [-0.4, -0.2) is 48.6 Å². The molecule has 0 fully saturated rings. The average Bonchev–Trinajstić information content (AvgIpc) is 3.27. The smallest absolute Gasteiger partial charge is 0.307 e. The normalized spacial score (nSPS) is 17.3. The Balaban J connectivity index is 1.53. The van der Waals surface area contributed by atoms with Gasteiger partial charge < -0.3 is 9.84 Å². The van der Waals surface area contributed by atoms with Crippen molar-refractivity contribution in [3.05, 3.63) is 82.2 Å². The Morgan fingerprint density at radius 1 is 1.18 bits per heavy atom. The number of hydrogen-bond donors (Lipinski definition) is 1. The molecule has 8 heteroatoms. The summed E-state index contributed by atoms with van der Waals surface area (Å²) in [6, 6.07) is 12.4. The zero-order chi connectivity index (χ0) is 27.7. The summed E-state index contributed by atoms with van der Waals surface area (Å²) >= 11 is 0. The van der Waals surface area contributed by atoms with Crippen LogP contribution in [0.2, 0.25) is 0 Å². The Morgan fingerprint density at radius 2 is 2.00 bits per heavy atom. The van der Waals surface area contributed by atoms with Crippen molar-refractivity contribution in [1.82, 2.24) is 24.9 Å². The van der Waals surface area contributed by atoms with E-state index >= 15 is 0 Å². The Labute approximate surface area is 229 Å². The highest BCUT2D eigenvalue weighted by Gasteiger charge is 2.30. The van der Waals surface area contributed by atoms with E-state index < -0.39 is 11.9 Å². The summed E-state index contributed by atoms with van der Waals surface area (Å²) in [6.07, 6.45) is 4.69. The zero-order valence-corrected chi connectivity index (χ0v) is 23.4. The summed E-state index contributed by atoms with van der Waals surface area (Å²) in [5, 5.41) is 18.8. The summed E-state index contributed by atoms with van der Waals surface area (Å²) in [6.45, 7) is 13.2. The molecule has 0 aliphatic carbocycles. The van der Waals surface area contributed by atoms with Crippen molar-refractivity contribution in [3.8, 4) is 5.75 Å². The monoisotopic (exact) mass is 527 g/mol. The van der Waals surface area contributed by atoms with Gasteiger partial charge >= 0.3 is 5.97 Å². The first kappa shape index (κ1) is 26.8. The van der Waals surface area contributed by atoms with E-state index in [9.17, 15) is 9.90 Å². The van der Waals surface area contributed by atoms with Crippen molar-refractivity contribution in [3.63, 3.8) is 0 Å². The molecule has 1 N–H and O–H groups in total. The molecule has 0 spiro atoms. The number of aliphatic carboxylic acids is 1. The van der Waals surface area contributed by atoms with Gasteiger partial charge in [0.2, 0.25) is 0 Å². The number of hydrogen-bond acceptors (Lipinski definition) is 6. The number of aryl methyl sites for hydroxylation is 3. The fourth-order valence-electron chi connectivity index (χ4n) is 5.72. The average molecular weight is 528 g/mol. The van der Waals surface area contributed by atoms with E-state index in [1.807, 2.05) is 36.9 Å². The van der Waals surface area contributed by atoms with Crippen molar-refractivity contribution in [2.75, 3.05) is 6.54 Å². The van der Waals surface area contributed by atoms with Crippen LogP contribution in [0, 0.1) is 19.8 Å². The predicted molar refractivity (Wildman–Crippen MR) is 151 cm³/mol. The first-order valence-electron chi connectivity index (χ1n) is 13.8. The van der Waals surface area contributed by atoms with E-state index in [1.54, 1.807) is 13.1 Å². The van der Waals surface area contributed by atoms with E-state index in [-0.39, 0.29) is 12.0 Å². The zero-order valence-electron chi connectivity index (χ0n) is 23.4. The number of ether oxygens (including phenoxy) is 1. The molecular weight excluding hydrogens is 490 g/mol. The van der Waals surface area contributed by atoms with Gasteiger partial charge in [0, 0.05) is 50.1 Å². The SMILES string of the molecule is CC[C@@H]1CN(Cc2cc([C@H](c3ccc4c(nnn4CC)c3C)[C@H](C)C(=O)O)ccc2C)Cc2cnccc2O1. The Bertz CT molecular complexity index is 1500. The molecular formula is C31H37N5O3. The van der Waals surface area contributed by atoms with Gasteiger partial charge in [-0.3, -0.25) is 14.7 Å². The Morgan fingerprint density at radius 3 is 2.74 bits per heavy atom. The van der Waals surface area contributed by atoms with Crippen LogP contribution in [0.25, 0.3) is 11.0 Å². The van der Waals surface area contributed by atoms with Gasteiger partial charge in [0.25, 0.3) is 0 Å². The molecule has 39 heavy (non-hydrogen) atoms. The van der Waals surface area contributed by atoms with Crippen LogP contribution in [0.4, 0.5) is 0 Å². The number of carbonyl (C=O) groups is 1. The highest BCUT2D eigenvalue weighted by molar-refractivity contribution is 5.81. The Hall–Kier alpha value is -3.78. The van der Waals surface area contributed by atoms with Gasteiger partial charge in [0.1, 0.15) is 17.4 Å². The second-order valence-corrected chi connectivity index (χ2v) is 10.6. The van der Waals surface area contributed by atoms with Crippen LogP contribution in [0.3, 0.4) is 0 Å². The standard InChI is InChI=1S/C31H37N5O3/c1-6-25-18-35(17-24-15-32-13-12-28(24)39-25)16-23-14-22(9-8-19(23)3)29(21(5)31(37)38)26-10-11-27-30(20(26)4)33-34-36(27)7-2/h8-15,21,25,29H,6-7,16-18H2,1-5H3,(H,37,38)/t21-,25+,29+/m0/s1. The minimum atomic E-state index is -0.821. The molecule has 0 saturated heterocycles. The first-order chi connectivity index (χ1) is 18.8. The van der Waals surface area contributed by atoms with Gasteiger partial charge in [-0.1, -0.05) is 43.3 Å². The summed E-state index contributed by atoms with van der Waals surface area (Å²) in [5.41, 5.74) is 8.20. The van der Waals surface area contributed by atoms with Gasteiger partial charge in [-0.2, -0.15) is 0 Å². The number of fused-ring (bicyclic) bond motifs is 2. The second-order valence-electron chi connectivity index (χ2n) is 10.6. The van der Waals surface area contributed by atoms with Crippen LogP contribution in [0.1, 0.15) is 66.5 Å².